The number of rotatable bonds is 2. The third-order valence-electron chi connectivity index (χ3n) is 4.14. The molecule has 0 spiro atoms. The summed E-state index contributed by atoms with van der Waals surface area (Å²) in [7, 11) is 0. The summed E-state index contributed by atoms with van der Waals surface area (Å²) in [6.45, 7) is 4.25. The fraction of sp³-hybridized carbons (Fsp3) is 0.643. The first kappa shape index (κ1) is 14.3. The quantitative estimate of drug-likeness (QED) is 0.909. The molecule has 3 heterocycles. The fourth-order valence-corrected chi connectivity index (χ4v) is 3.67. The number of likely N-dealkylation sites (tertiary alicyclic amines) is 2. The third kappa shape index (κ3) is 3.18. The van der Waals surface area contributed by atoms with Gasteiger partial charge in [0.15, 0.2) is 5.13 Å². The number of thiazole rings is 1. The van der Waals surface area contributed by atoms with Crippen LogP contribution in [-0.2, 0) is 4.79 Å². The maximum Gasteiger partial charge on any atom is 0.323 e. The van der Waals surface area contributed by atoms with Gasteiger partial charge in [-0.2, -0.15) is 0 Å². The summed E-state index contributed by atoms with van der Waals surface area (Å²) in [4.78, 5) is 33.0. The van der Waals surface area contributed by atoms with E-state index in [0.29, 0.717) is 30.7 Å². The maximum absolute atomic E-state index is 12.2. The van der Waals surface area contributed by atoms with Gasteiger partial charge in [-0.15, -0.1) is 11.3 Å². The Bertz CT molecular complexity index is 537. The Hall–Kier alpha value is -1.63. The number of anilines is 1. The van der Waals surface area contributed by atoms with E-state index in [-0.39, 0.29) is 11.9 Å². The van der Waals surface area contributed by atoms with Gasteiger partial charge >= 0.3 is 6.03 Å². The molecule has 0 aromatic carbocycles. The van der Waals surface area contributed by atoms with E-state index in [0.717, 1.165) is 30.7 Å². The number of piperidine rings is 1. The molecule has 2 aliphatic heterocycles. The molecule has 1 aromatic heterocycles. The largest absolute Gasteiger partial charge is 0.340 e. The van der Waals surface area contributed by atoms with E-state index in [1.54, 1.807) is 6.20 Å². The van der Waals surface area contributed by atoms with E-state index >= 15 is 0 Å². The van der Waals surface area contributed by atoms with Gasteiger partial charge in [0.2, 0.25) is 5.91 Å². The molecule has 0 bridgehead atoms. The van der Waals surface area contributed by atoms with Crippen LogP contribution in [0.5, 0.6) is 0 Å². The normalized spacial score (nSPS) is 20.1. The highest BCUT2D eigenvalue weighted by Crippen LogP contribution is 2.23. The lowest BCUT2D eigenvalue weighted by atomic mass is 10.0. The van der Waals surface area contributed by atoms with Crippen LogP contribution < -0.4 is 5.32 Å². The molecular weight excluding hydrogens is 288 g/mol. The summed E-state index contributed by atoms with van der Waals surface area (Å²) in [5, 5.41) is 3.49. The van der Waals surface area contributed by atoms with Crippen LogP contribution in [0.4, 0.5) is 9.93 Å². The second-order valence-electron chi connectivity index (χ2n) is 5.62. The highest BCUT2D eigenvalue weighted by Gasteiger charge is 2.31. The Balaban J connectivity index is 1.51. The molecule has 6 nitrogen and oxygen atoms in total. The van der Waals surface area contributed by atoms with Crippen molar-refractivity contribution >= 4 is 28.4 Å². The lowest BCUT2D eigenvalue weighted by Gasteiger charge is -2.36. The predicted octanol–water partition coefficient (Wildman–Crippen LogP) is 2.07. The lowest BCUT2D eigenvalue weighted by molar-refractivity contribution is -0.130. The average Bonchev–Trinajstić information content (AvgIpc) is 3.08. The van der Waals surface area contributed by atoms with Crippen molar-refractivity contribution in [3.8, 4) is 0 Å². The highest BCUT2D eigenvalue weighted by molar-refractivity contribution is 7.15. The Morgan fingerprint density at radius 3 is 2.71 bits per heavy atom. The van der Waals surface area contributed by atoms with E-state index in [9.17, 15) is 9.59 Å². The van der Waals surface area contributed by atoms with Crippen LogP contribution >= 0.6 is 11.3 Å². The van der Waals surface area contributed by atoms with Crippen LogP contribution in [0.3, 0.4) is 0 Å². The summed E-state index contributed by atoms with van der Waals surface area (Å²) in [5.74, 6) is 0.274. The number of hydrogen-bond donors (Lipinski definition) is 1. The number of nitrogens with zero attached hydrogens (tertiary/aromatic N) is 3. The number of amides is 3. The smallest absolute Gasteiger partial charge is 0.323 e. The molecule has 114 valence electrons. The summed E-state index contributed by atoms with van der Waals surface area (Å²) in [6.07, 6.45) is 5.16. The van der Waals surface area contributed by atoms with Gasteiger partial charge in [0.1, 0.15) is 0 Å². The van der Waals surface area contributed by atoms with Gasteiger partial charge in [-0.05, 0) is 26.2 Å². The number of carbonyl (C=O) groups excluding carboxylic acids is 2. The molecule has 21 heavy (non-hydrogen) atoms. The zero-order valence-electron chi connectivity index (χ0n) is 12.2. The second-order valence-corrected chi connectivity index (χ2v) is 6.85. The minimum Gasteiger partial charge on any atom is -0.340 e. The number of urea groups is 1. The number of carbonyl (C=O) groups is 2. The maximum atomic E-state index is 12.2. The molecule has 1 N–H and O–H groups in total. The van der Waals surface area contributed by atoms with E-state index in [1.807, 2.05) is 16.7 Å². The highest BCUT2D eigenvalue weighted by atomic mass is 32.1. The number of aryl methyl sites for hydroxylation is 1. The van der Waals surface area contributed by atoms with Crippen LogP contribution in [0.15, 0.2) is 6.20 Å². The zero-order chi connectivity index (χ0) is 14.8. The van der Waals surface area contributed by atoms with Crippen molar-refractivity contribution in [1.82, 2.24) is 14.8 Å². The molecule has 0 radical (unpaired) electrons. The fourth-order valence-electron chi connectivity index (χ4n) is 3.02. The number of hydrogen-bond acceptors (Lipinski definition) is 4. The van der Waals surface area contributed by atoms with E-state index in [4.69, 9.17) is 0 Å². The molecule has 2 saturated heterocycles. The van der Waals surface area contributed by atoms with E-state index < -0.39 is 0 Å². The second kappa shape index (κ2) is 6.01. The number of nitrogens with one attached hydrogen (secondary N) is 1. The first-order chi connectivity index (χ1) is 10.1. The van der Waals surface area contributed by atoms with Crippen molar-refractivity contribution in [2.75, 3.05) is 25.0 Å². The van der Waals surface area contributed by atoms with Gasteiger partial charge in [-0.3, -0.25) is 10.1 Å². The van der Waals surface area contributed by atoms with Crippen molar-refractivity contribution < 1.29 is 9.59 Å². The van der Waals surface area contributed by atoms with Crippen LogP contribution in [-0.4, -0.2) is 52.4 Å². The molecule has 0 unspecified atom stereocenters. The standard InChI is InChI=1S/C14H20N4O2S/c1-10-9-15-13(21-10)16-14(20)17-7-4-11(5-8-17)18-6-2-3-12(18)19/h9,11H,2-8H2,1H3,(H,15,16,20). The average molecular weight is 308 g/mol. The first-order valence-corrected chi connectivity index (χ1v) is 8.23. The van der Waals surface area contributed by atoms with Crippen molar-refractivity contribution in [3.05, 3.63) is 11.1 Å². The van der Waals surface area contributed by atoms with Crippen molar-refractivity contribution in [1.29, 1.82) is 0 Å². The van der Waals surface area contributed by atoms with E-state index in [1.165, 1.54) is 11.3 Å². The predicted molar refractivity (Wildman–Crippen MR) is 81.4 cm³/mol. The van der Waals surface area contributed by atoms with Gasteiger partial charge in [-0.25, -0.2) is 9.78 Å². The SMILES string of the molecule is Cc1cnc(NC(=O)N2CCC(N3CCCC3=O)CC2)s1. The topological polar surface area (TPSA) is 65.5 Å². The Labute approximate surface area is 128 Å². The minimum atomic E-state index is -0.0875. The van der Waals surface area contributed by atoms with Crippen LogP contribution in [0.2, 0.25) is 0 Å². The van der Waals surface area contributed by atoms with Crippen molar-refractivity contribution in [3.63, 3.8) is 0 Å². The first-order valence-electron chi connectivity index (χ1n) is 7.41. The lowest BCUT2D eigenvalue weighted by Crippen LogP contribution is -2.48. The molecule has 3 rings (SSSR count). The molecule has 0 atom stereocenters. The molecule has 0 aliphatic carbocycles. The van der Waals surface area contributed by atoms with Crippen LogP contribution in [0.25, 0.3) is 0 Å². The van der Waals surface area contributed by atoms with Gasteiger partial charge in [0.05, 0.1) is 0 Å². The van der Waals surface area contributed by atoms with Gasteiger partial charge in [0, 0.05) is 43.2 Å². The molecule has 2 fully saturated rings. The molecule has 2 aliphatic rings. The summed E-state index contributed by atoms with van der Waals surface area (Å²) in [5.41, 5.74) is 0. The molecule has 3 amide bonds. The van der Waals surface area contributed by atoms with Gasteiger partial charge < -0.3 is 9.80 Å². The summed E-state index contributed by atoms with van der Waals surface area (Å²) >= 11 is 1.48. The Kier molecular flexibility index (Phi) is 4.10. The molecular formula is C14H20N4O2S. The van der Waals surface area contributed by atoms with Crippen LogP contribution in [0.1, 0.15) is 30.6 Å². The summed E-state index contributed by atoms with van der Waals surface area (Å²) < 4.78 is 0. The Morgan fingerprint density at radius 2 is 2.14 bits per heavy atom. The summed E-state index contributed by atoms with van der Waals surface area (Å²) in [6, 6.07) is 0.224. The molecule has 0 saturated carbocycles. The van der Waals surface area contributed by atoms with Crippen molar-refractivity contribution in [2.24, 2.45) is 0 Å². The molecule has 7 heteroatoms. The number of aromatic nitrogens is 1. The van der Waals surface area contributed by atoms with Gasteiger partial charge in [0.25, 0.3) is 0 Å². The minimum absolute atomic E-state index is 0.0875. The molecule has 1 aromatic rings. The Morgan fingerprint density at radius 1 is 1.38 bits per heavy atom. The zero-order valence-corrected chi connectivity index (χ0v) is 13.0. The van der Waals surface area contributed by atoms with Crippen molar-refractivity contribution in [2.45, 2.75) is 38.6 Å². The van der Waals surface area contributed by atoms with E-state index in [2.05, 4.69) is 10.3 Å². The van der Waals surface area contributed by atoms with Crippen LogP contribution in [0, 0.1) is 6.92 Å². The monoisotopic (exact) mass is 308 g/mol. The van der Waals surface area contributed by atoms with Gasteiger partial charge in [-0.1, -0.05) is 0 Å². The third-order valence-corrected chi connectivity index (χ3v) is 4.97.